The van der Waals surface area contributed by atoms with Crippen molar-refractivity contribution in [1.29, 1.82) is 0 Å². The molecule has 120 valence electrons. The third-order valence-corrected chi connectivity index (χ3v) is 3.33. The number of rotatable bonds is 4. The van der Waals surface area contributed by atoms with Crippen LogP contribution in [-0.4, -0.2) is 42.7 Å². The second kappa shape index (κ2) is 5.99. The summed E-state index contributed by atoms with van der Waals surface area (Å²) >= 11 is 0. The molecule has 0 saturated heterocycles. The number of benzene rings is 1. The van der Waals surface area contributed by atoms with Gasteiger partial charge in [-0.3, -0.25) is 4.68 Å². The van der Waals surface area contributed by atoms with E-state index < -0.39 is 11.9 Å². The monoisotopic (exact) mass is 318 g/mol. The lowest BCUT2D eigenvalue weighted by Gasteiger charge is -2.03. The first-order valence-corrected chi connectivity index (χ1v) is 6.75. The zero-order valence-corrected chi connectivity index (χ0v) is 12.6. The average molecular weight is 318 g/mol. The van der Waals surface area contributed by atoms with Crippen LogP contribution >= 0.6 is 0 Å². The molecule has 0 spiro atoms. The third kappa shape index (κ3) is 2.83. The predicted octanol–water partition coefficient (Wildman–Crippen LogP) is 1.23. The summed E-state index contributed by atoms with van der Waals surface area (Å²) in [6.07, 6.45) is 1.45. The number of carbonyl (C=O) groups excluding carboxylic acids is 2. The lowest BCUT2D eigenvalue weighted by atomic mass is 10.2. The summed E-state index contributed by atoms with van der Waals surface area (Å²) in [5.74, 6) is -0.0204. The van der Waals surface area contributed by atoms with E-state index in [4.69, 9.17) is 9.47 Å². The minimum absolute atomic E-state index is 0.0556. The standard InChI is InChI=1S/C15H14N2O6/c1-20-14(18)10-7-17(16-13(10)15(19)21-2)6-9-3-4-11-12(5-9)23-8-22-11/h3-5,7H,6,8H2,1-2H3. The smallest absolute Gasteiger partial charge is 0.359 e. The molecular weight excluding hydrogens is 304 g/mol. The summed E-state index contributed by atoms with van der Waals surface area (Å²) in [6.45, 7) is 0.539. The van der Waals surface area contributed by atoms with Gasteiger partial charge in [0, 0.05) is 6.20 Å². The van der Waals surface area contributed by atoms with Crippen molar-refractivity contribution in [3.8, 4) is 11.5 Å². The Hall–Kier alpha value is -3.03. The number of hydrogen-bond acceptors (Lipinski definition) is 7. The van der Waals surface area contributed by atoms with Gasteiger partial charge in [-0.1, -0.05) is 6.07 Å². The van der Waals surface area contributed by atoms with E-state index >= 15 is 0 Å². The lowest BCUT2D eigenvalue weighted by Crippen LogP contribution is -2.10. The van der Waals surface area contributed by atoms with Crippen LogP contribution in [-0.2, 0) is 16.0 Å². The van der Waals surface area contributed by atoms with E-state index in [1.807, 2.05) is 12.1 Å². The van der Waals surface area contributed by atoms with Crippen molar-refractivity contribution >= 4 is 11.9 Å². The van der Waals surface area contributed by atoms with Gasteiger partial charge in [0.2, 0.25) is 6.79 Å². The van der Waals surface area contributed by atoms with Crippen LogP contribution in [0.1, 0.15) is 26.4 Å². The Morgan fingerprint density at radius 3 is 2.65 bits per heavy atom. The second-order valence-electron chi connectivity index (χ2n) is 4.76. The van der Waals surface area contributed by atoms with E-state index in [2.05, 4.69) is 14.6 Å². The molecule has 0 aliphatic carbocycles. The predicted molar refractivity (Wildman–Crippen MR) is 76.6 cm³/mol. The summed E-state index contributed by atoms with van der Waals surface area (Å²) in [4.78, 5) is 23.5. The number of esters is 2. The zero-order valence-electron chi connectivity index (χ0n) is 12.6. The summed E-state index contributed by atoms with van der Waals surface area (Å²) in [6, 6.07) is 5.47. The molecule has 0 fully saturated rings. The van der Waals surface area contributed by atoms with Crippen LogP contribution in [0, 0.1) is 0 Å². The molecule has 0 bridgehead atoms. The molecule has 0 radical (unpaired) electrons. The maximum absolute atomic E-state index is 11.8. The van der Waals surface area contributed by atoms with Crippen molar-refractivity contribution in [2.45, 2.75) is 6.54 Å². The van der Waals surface area contributed by atoms with Crippen molar-refractivity contribution in [2.24, 2.45) is 0 Å². The molecule has 8 nitrogen and oxygen atoms in total. The van der Waals surface area contributed by atoms with Crippen LogP contribution in [0.25, 0.3) is 0 Å². The number of methoxy groups -OCH3 is 2. The summed E-state index contributed by atoms with van der Waals surface area (Å²) in [5, 5.41) is 4.11. The topological polar surface area (TPSA) is 88.9 Å². The summed E-state index contributed by atoms with van der Waals surface area (Å²) < 4.78 is 21.3. The van der Waals surface area contributed by atoms with Gasteiger partial charge >= 0.3 is 11.9 Å². The van der Waals surface area contributed by atoms with Crippen LogP contribution in [0.3, 0.4) is 0 Å². The Balaban J connectivity index is 1.89. The van der Waals surface area contributed by atoms with Crippen molar-refractivity contribution in [3.63, 3.8) is 0 Å². The van der Waals surface area contributed by atoms with Crippen molar-refractivity contribution in [1.82, 2.24) is 9.78 Å². The van der Waals surface area contributed by atoms with Gasteiger partial charge in [-0.25, -0.2) is 9.59 Å². The van der Waals surface area contributed by atoms with Crippen LogP contribution < -0.4 is 9.47 Å². The minimum Gasteiger partial charge on any atom is -0.465 e. The Morgan fingerprint density at radius 2 is 1.91 bits per heavy atom. The van der Waals surface area contributed by atoms with Crippen molar-refractivity contribution in [3.05, 3.63) is 41.2 Å². The third-order valence-electron chi connectivity index (χ3n) is 3.33. The van der Waals surface area contributed by atoms with Gasteiger partial charge in [-0.05, 0) is 17.7 Å². The van der Waals surface area contributed by atoms with E-state index in [9.17, 15) is 9.59 Å². The number of aromatic nitrogens is 2. The van der Waals surface area contributed by atoms with E-state index in [-0.39, 0.29) is 18.1 Å². The fourth-order valence-electron chi connectivity index (χ4n) is 2.24. The SMILES string of the molecule is COC(=O)c1cn(Cc2ccc3c(c2)OCO3)nc1C(=O)OC. The Labute approximate surface area is 131 Å². The number of hydrogen-bond donors (Lipinski definition) is 0. The number of fused-ring (bicyclic) bond motifs is 1. The summed E-state index contributed by atoms with van der Waals surface area (Å²) in [7, 11) is 2.46. The Bertz CT molecular complexity index is 734. The highest BCUT2D eigenvalue weighted by molar-refractivity contribution is 6.01. The van der Waals surface area contributed by atoms with Crippen LogP contribution in [0.2, 0.25) is 0 Å². The van der Waals surface area contributed by atoms with E-state index in [1.165, 1.54) is 25.1 Å². The molecule has 1 aliphatic rings. The first kappa shape index (κ1) is 14.9. The van der Waals surface area contributed by atoms with Gasteiger partial charge in [0.25, 0.3) is 0 Å². The van der Waals surface area contributed by atoms with E-state index in [0.717, 1.165) is 5.56 Å². The molecule has 1 aromatic carbocycles. The maximum atomic E-state index is 11.8. The largest absolute Gasteiger partial charge is 0.465 e. The van der Waals surface area contributed by atoms with E-state index in [0.29, 0.717) is 18.0 Å². The van der Waals surface area contributed by atoms with Gasteiger partial charge in [0.1, 0.15) is 5.56 Å². The highest BCUT2D eigenvalue weighted by atomic mass is 16.7. The van der Waals surface area contributed by atoms with Gasteiger partial charge < -0.3 is 18.9 Å². The molecule has 1 aromatic heterocycles. The highest BCUT2D eigenvalue weighted by Crippen LogP contribution is 2.32. The molecule has 0 amide bonds. The highest BCUT2D eigenvalue weighted by Gasteiger charge is 2.23. The molecule has 0 unspecified atom stereocenters. The van der Waals surface area contributed by atoms with Crippen LogP contribution in [0.5, 0.6) is 11.5 Å². The van der Waals surface area contributed by atoms with Gasteiger partial charge in [0.05, 0.1) is 20.8 Å². The lowest BCUT2D eigenvalue weighted by molar-refractivity contribution is 0.0552. The number of nitrogens with zero attached hydrogens (tertiary/aromatic N) is 2. The molecule has 1 aliphatic heterocycles. The number of carbonyl (C=O) groups is 2. The first-order chi connectivity index (χ1) is 11.1. The molecule has 0 N–H and O–H groups in total. The van der Waals surface area contributed by atoms with Crippen molar-refractivity contribution in [2.75, 3.05) is 21.0 Å². The molecule has 0 atom stereocenters. The van der Waals surface area contributed by atoms with Crippen LogP contribution in [0.4, 0.5) is 0 Å². The molecule has 3 rings (SSSR count). The van der Waals surface area contributed by atoms with Gasteiger partial charge in [0.15, 0.2) is 17.2 Å². The zero-order chi connectivity index (χ0) is 16.4. The molecule has 8 heteroatoms. The first-order valence-electron chi connectivity index (χ1n) is 6.75. The molecule has 23 heavy (non-hydrogen) atoms. The second-order valence-corrected chi connectivity index (χ2v) is 4.76. The normalized spacial score (nSPS) is 12.1. The molecule has 2 heterocycles. The van der Waals surface area contributed by atoms with Gasteiger partial charge in [-0.2, -0.15) is 5.10 Å². The fourth-order valence-corrected chi connectivity index (χ4v) is 2.24. The Morgan fingerprint density at radius 1 is 1.17 bits per heavy atom. The fraction of sp³-hybridized carbons (Fsp3) is 0.267. The Kier molecular flexibility index (Phi) is 3.88. The van der Waals surface area contributed by atoms with Gasteiger partial charge in [-0.15, -0.1) is 0 Å². The van der Waals surface area contributed by atoms with Crippen LogP contribution in [0.15, 0.2) is 24.4 Å². The molecule has 2 aromatic rings. The maximum Gasteiger partial charge on any atom is 0.359 e. The molecule has 0 saturated carbocycles. The summed E-state index contributed by atoms with van der Waals surface area (Å²) in [5.41, 5.74) is 0.852. The number of ether oxygens (including phenoxy) is 4. The minimum atomic E-state index is -0.699. The average Bonchev–Trinajstić information content (AvgIpc) is 3.19. The quantitative estimate of drug-likeness (QED) is 0.783. The van der Waals surface area contributed by atoms with E-state index in [1.54, 1.807) is 6.07 Å². The molecular formula is C15H14N2O6. The van der Waals surface area contributed by atoms with Crippen molar-refractivity contribution < 1.29 is 28.5 Å².